The van der Waals surface area contributed by atoms with Gasteiger partial charge in [-0.1, -0.05) is 41.1 Å². The van der Waals surface area contributed by atoms with Crippen LogP contribution in [-0.2, 0) is 10.0 Å². The van der Waals surface area contributed by atoms with Gasteiger partial charge < -0.3 is 9.84 Å². The molecular weight excluding hydrogens is 412 g/mol. The Morgan fingerprint density at radius 3 is 2.57 bits per heavy atom. The van der Waals surface area contributed by atoms with E-state index in [4.69, 9.17) is 4.52 Å². The highest BCUT2D eigenvalue weighted by molar-refractivity contribution is 7.89. The third-order valence-electron chi connectivity index (χ3n) is 4.12. The number of nitrogens with one attached hydrogen (secondary N) is 2. The minimum absolute atomic E-state index is 0.00730. The van der Waals surface area contributed by atoms with E-state index >= 15 is 0 Å². The van der Waals surface area contributed by atoms with E-state index in [-0.39, 0.29) is 29.4 Å². The second-order valence-electron chi connectivity index (χ2n) is 6.35. The van der Waals surface area contributed by atoms with Gasteiger partial charge in [0, 0.05) is 36.9 Å². The summed E-state index contributed by atoms with van der Waals surface area (Å²) in [5.41, 5.74) is 2.06. The number of aryl methyl sites for hydroxylation is 1. The molecular formula is C19H18N4O6S. The molecule has 156 valence electrons. The van der Waals surface area contributed by atoms with E-state index in [9.17, 15) is 23.3 Å². The molecule has 0 atom stereocenters. The van der Waals surface area contributed by atoms with Crippen LogP contribution in [0.15, 0.2) is 64.0 Å². The second-order valence-corrected chi connectivity index (χ2v) is 8.12. The summed E-state index contributed by atoms with van der Waals surface area (Å²) in [4.78, 5) is 22.0. The highest BCUT2D eigenvalue weighted by Crippen LogP contribution is 2.19. The van der Waals surface area contributed by atoms with Gasteiger partial charge in [0.2, 0.25) is 15.8 Å². The molecule has 0 bridgehead atoms. The van der Waals surface area contributed by atoms with E-state index < -0.39 is 20.9 Å². The lowest BCUT2D eigenvalue weighted by molar-refractivity contribution is -0.385. The van der Waals surface area contributed by atoms with E-state index in [2.05, 4.69) is 15.2 Å². The van der Waals surface area contributed by atoms with Gasteiger partial charge in [-0.25, -0.2) is 13.1 Å². The van der Waals surface area contributed by atoms with Crippen LogP contribution in [0.4, 0.5) is 5.69 Å². The fourth-order valence-corrected chi connectivity index (χ4v) is 3.61. The van der Waals surface area contributed by atoms with Crippen molar-refractivity contribution in [1.29, 1.82) is 0 Å². The summed E-state index contributed by atoms with van der Waals surface area (Å²) in [6.45, 7) is 1.82. The molecule has 0 saturated carbocycles. The molecule has 0 aliphatic heterocycles. The number of nitro groups is 1. The molecule has 0 radical (unpaired) electrons. The van der Waals surface area contributed by atoms with Crippen molar-refractivity contribution >= 4 is 21.6 Å². The zero-order valence-electron chi connectivity index (χ0n) is 15.9. The standard InChI is InChI=1S/C19H18N4O6S/c1-13-5-7-14(8-6-13)17-12-18(29-22-17)19(24)20-9-10-21-30(27,28)16-4-2-3-15(11-16)23(25)26/h2-8,11-12,21H,9-10H2,1H3,(H,20,24). The van der Waals surface area contributed by atoms with Crippen LogP contribution in [0.25, 0.3) is 11.3 Å². The van der Waals surface area contributed by atoms with Crippen LogP contribution in [-0.4, -0.2) is 37.5 Å². The predicted octanol–water partition coefficient (Wildman–Crippen LogP) is 2.27. The number of nitro benzene ring substituents is 1. The van der Waals surface area contributed by atoms with Crippen LogP contribution in [0.5, 0.6) is 0 Å². The van der Waals surface area contributed by atoms with Crippen molar-refractivity contribution in [2.75, 3.05) is 13.1 Å². The fourth-order valence-electron chi connectivity index (χ4n) is 2.54. The maximum Gasteiger partial charge on any atom is 0.289 e. The fraction of sp³-hybridized carbons (Fsp3) is 0.158. The summed E-state index contributed by atoms with van der Waals surface area (Å²) < 4.78 is 31.8. The van der Waals surface area contributed by atoms with Crippen molar-refractivity contribution in [2.45, 2.75) is 11.8 Å². The van der Waals surface area contributed by atoms with E-state index in [1.807, 2.05) is 31.2 Å². The van der Waals surface area contributed by atoms with E-state index in [0.29, 0.717) is 5.69 Å². The largest absolute Gasteiger partial charge is 0.350 e. The Labute approximate surface area is 172 Å². The van der Waals surface area contributed by atoms with E-state index in [1.165, 1.54) is 24.3 Å². The smallest absolute Gasteiger partial charge is 0.289 e. The van der Waals surface area contributed by atoms with E-state index in [1.54, 1.807) is 0 Å². The molecule has 0 saturated heterocycles. The minimum atomic E-state index is -3.96. The van der Waals surface area contributed by atoms with Crippen molar-refractivity contribution in [2.24, 2.45) is 0 Å². The first kappa shape index (κ1) is 21.1. The molecule has 0 aliphatic rings. The van der Waals surface area contributed by atoms with Gasteiger partial charge in [-0.05, 0) is 13.0 Å². The molecule has 0 unspecified atom stereocenters. The first-order valence-corrected chi connectivity index (χ1v) is 10.3. The molecule has 0 fully saturated rings. The van der Waals surface area contributed by atoms with Gasteiger partial charge in [-0.3, -0.25) is 14.9 Å². The van der Waals surface area contributed by atoms with Crippen molar-refractivity contribution < 1.29 is 22.7 Å². The summed E-state index contributed by atoms with van der Waals surface area (Å²) in [5, 5.41) is 17.2. The number of carbonyl (C=O) groups excluding carboxylic acids is 1. The number of benzene rings is 2. The Hall–Kier alpha value is -3.57. The number of non-ortho nitro benzene ring substituents is 1. The lowest BCUT2D eigenvalue weighted by atomic mass is 10.1. The average molecular weight is 430 g/mol. The normalized spacial score (nSPS) is 11.2. The second kappa shape index (κ2) is 8.84. The number of amides is 1. The number of hydrogen-bond acceptors (Lipinski definition) is 7. The number of nitrogens with zero attached hydrogens (tertiary/aromatic N) is 2. The molecule has 30 heavy (non-hydrogen) atoms. The van der Waals surface area contributed by atoms with Crippen molar-refractivity contribution in [3.05, 3.63) is 76.0 Å². The quantitative estimate of drug-likeness (QED) is 0.317. The molecule has 1 aromatic heterocycles. The predicted molar refractivity (Wildman–Crippen MR) is 107 cm³/mol. The van der Waals surface area contributed by atoms with E-state index in [0.717, 1.165) is 17.2 Å². The van der Waals surface area contributed by atoms with Gasteiger partial charge >= 0.3 is 0 Å². The molecule has 3 rings (SSSR count). The molecule has 2 N–H and O–H groups in total. The highest BCUT2D eigenvalue weighted by atomic mass is 32.2. The molecule has 10 nitrogen and oxygen atoms in total. The summed E-state index contributed by atoms with van der Waals surface area (Å²) >= 11 is 0. The lowest BCUT2D eigenvalue weighted by Gasteiger charge is -2.07. The number of hydrogen-bond donors (Lipinski definition) is 2. The molecule has 0 aliphatic carbocycles. The molecule has 1 heterocycles. The maximum atomic E-state index is 12.2. The maximum absolute atomic E-state index is 12.2. The van der Waals surface area contributed by atoms with Crippen molar-refractivity contribution in [3.63, 3.8) is 0 Å². The zero-order chi connectivity index (χ0) is 21.7. The Kier molecular flexibility index (Phi) is 6.23. The SMILES string of the molecule is Cc1ccc(-c2cc(C(=O)NCCNS(=O)(=O)c3cccc([N+](=O)[O-])c3)on2)cc1. The Bertz CT molecular complexity index is 1170. The summed E-state index contributed by atoms with van der Waals surface area (Å²) in [5.74, 6) is -0.553. The van der Waals surface area contributed by atoms with Crippen LogP contribution in [0.3, 0.4) is 0 Å². The molecule has 2 aromatic carbocycles. The Morgan fingerprint density at radius 2 is 1.87 bits per heavy atom. The third-order valence-corrected chi connectivity index (χ3v) is 5.58. The molecule has 0 spiro atoms. The number of sulfonamides is 1. The topological polar surface area (TPSA) is 144 Å². The molecule has 3 aromatic rings. The van der Waals surface area contributed by atoms with Crippen LogP contribution in [0.2, 0.25) is 0 Å². The summed E-state index contributed by atoms with van der Waals surface area (Å²) in [7, 11) is -3.96. The van der Waals surface area contributed by atoms with Gasteiger partial charge in [0.15, 0.2) is 0 Å². The van der Waals surface area contributed by atoms with Crippen LogP contribution in [0.1, 0.15) is 16.1 Å². The first-order chi connectivity index (χ1) is 14.3. The Balaban J connectivity index is 1.54. The van der Waals surface area contributed by atoms with Crippen molar-refractivity contribution in [3.8, 4) is 11.3 Å². The van der Waals surface area contributed by atoms with Crippen LogP contribution in [0, 0.1) is 17.0 Å². The van der Waals surface area contributed by atoms with Crippen LogP contribution >= 0.6 is 0 Å². The van der Waals surface area contributed by atoms with Gasteiger partial charge in [0.1, 0.15) is 5.69 Å². The van der Waals surface area contributed by atoms with Gasteiger partial charge in [-0.2, -0.15) is 0 Å². The lowest BCUT2D eigenvalue weighted by Crippen LogP contribution is -2.34. The van der Waals surface area contributed by atoms with Gasteiger partial charge in [-0.15, -0.1) is 0 Å². The third kappa shape index (κ3) is 5.07. The number of rotatable bonds is 8. The highest BCUT2D eigenvalue weighted by Gasteiger charge is 2.18. The van der Waals surface area contributed by atoms with Crippen molar-refractivity contribution in [1.82, 2.24) is 15.2 Å². The summed E-state index contributed by atoms with van der Waals surface area (Å²) in [6, 6.07) is 13.7. The number of aromatic nitrogens is 1. The molecule has 11 heteroatoms. The average Bonchev–Trinajstić information content (AvgIpc) is 3.22. The Morgan fingerprint density at radius 1 is 1.13 bits per heavy atom. The zero-order valence-corrected chi connectivity index (χ0v) is 16.7. The van der Waals surface area contributed by atoms with Gasteiger partial charge in [0.05, 0.1) is 9.82 Å². The van der Waals surface area contributed by atoms with Crippen LogP contribution < -0.4 is 10.0 Å². The number of carbonyl (C=O) groups is 1. The van der Waals surface area contributed by atoms with Gasteiger partial charge in [0.25, 0.3) is 11.6 Å². The molecule has 1 amide bonds. The summed E-state index contributed by atoms with van der Waals surface area (Å²) in [6.07, 6.45) is 0. The monoisotopic (exact) mass is 430 g/mol. The minimum Gasteiger partial charge on any atom is -0.350 e. The first-order valence-electron chi connectivity index (χ1n) is 8.82.